The van der Waals surface area contributed by atoms with Gasteiger partial charge in [0, 0.05) is 26.2 Å². The van der Waals surface area contributed by atoms with Crippen molar-refractivity contribution in [2.45, 2.75) is 32.7 Å². The van der Waals surface area contributed by atoms with Gasteiger partial charge in [0.05, 0.1) is 25.8 Å². The van der Waals surface area contributed by atoms with Gasteiger partial charge in [-0.3, -0.25) is 9.89 Å². The van der Waals surface area contributed by atoms with E-state index in [9.17, 15) is 0 Å². The number of nitrogens with zero attached hydrogens (tertiary/aromatic N) is 3. The lowest BCUT2D eigenvalue weighted by atomic mass is 10.00. The molecule has 0 aromatic heterocycles. The third-order valence-corrected chi connectivity index (χ3v) is 5.48. The molecule has 0 saturated carbocycles. The highest BCUT2D eigenvalue weighted by atomic mass is 16.5. The summed E-state index contributed by atoms with van der Waals surface area (Å²) >= 11 is 0. The predicted octanol–water partition coefficient (Wildman–Crippen LogP) is 2.41. The van der Waals surface area contributed by atoms with Gasteiger partial charge in [0.25, 0.3) is 0 Å². The molecule has 2 saturated heterocycles. The van der Waals surface area contributed by atoms with Crippen LogP contribution < -0.4 is 5.73 Å². The second-order valence-corrected chi connectivity index (χ2v) is 7.44. The van der Waals surface area contributed by atoms with Gasteiger partial charge in [0.2, 0.25) is 0 Å². The lowest BCUT2D eigenvalue weighted by Gasteiger charge is -2.35. The second-order valence-electron chi connectivity index (χ2n) is 7.44. The first-order chi connectivity index (χ1) is 12.1. The molecule has 2 N–H and O–H groups in total. The van der Waals surface area contributed by atoms with E-state index in [1.54, 1.807) is 0 Å². The summed E-state index contributed by atoms with van der Waals surface area (Å²) in [6.45, 7) is 10.7. The molecule has 3 rings (SSSR count). The first kappa shape index (κ1) is 18.2. The quantitative estimate of drug-likeness (QED) is 0.673. The Morgan fingerprint density at radius 2 is 1.80 bits per heavy atom. The Balaban J connectivity index is 1.70. The van der Waals surface area contributed by atoms with Crippen LogP contribution in [-0.4, -0.2) is 61.7 Å². The highest BCUT2D eigenvalue weighted by molar-refractivity contribution is 5.78. The zero-order valence-electron chi connectivity index (χ0n) is 15.7. The van der Waals surface area contributed by atoms with Gasteiger partial charge in [-0.2, -0.15) is 0 Å². The van der Waals surface area contributed by atoms with Gasteiger partial charge in [-0.15, -0.1) is 0 Å². The smallest absolute Gasteiger partial charge is 0.191 e. The maximum Gasteiger partial charge on any atom is 0.191 e. The first-order valence-electron chi connectivity index (χ1n) is 9.56. The molecule has 1 unspecified atom stereocenters. The van der Waals surface area contributed by atoms with Crippen molar-refractivity contribution in [1.82, 2.24) is 9.80 Å². The van der Waals surface area contributed by atoms with Gasteiger partial charge < -0.3 is 15.4 Å². The largest absolute Gasteiger partial charge is 0.379 e. The summed E-state index contributed by atoms with van der Waals surface area (Å²) in [7, 11) is 0. The maximum atomic E-state index is 6.31. The summed E-state index contributed by atoms with van der Waals surface area (Å²) in [5.74, 6) is 1.51. The highest BCUT2D eigenvalue weighted by Crippen LogP contribution is 2.23. The average molecular weight is 345 g/mol. The van der Waals surface area contributed by atoms with Gasteiger partial charge in [0.15, 0.2) is 5.96 Å². The van der Waals surface area contributed by atoms with Gasteiger partial charge >= 0.3 is 0 Å². The van der Waals surface area contributed by atoms with E-state index < -0.39 is 0 Å². The molecular formula is C20H32N4O. The predicted molar refractivity (Wildman–Crippen MR) is 103 cm³/mol. The number of ether oxygens (including phenoxy) is 1. The molecule has 5 nitrogen and oxygen atoms in total. The number of hydrogen-bond acceptors (Lipinski definition) is 3. The third kappa shape index (κ3) is 4.95. The zero-order chi connectivity index (χ0) is 17.6. The third-order valence-electron chi connectivity index (χ3n) is 5.48. The molecule has 2 aliphatic rings. The summed E-state index contributed by atoms with van der Waals surface area (Å²) in [4.78, 5) is 9.50. The highest BCUT2D eigenvalue weighted by Gasteiger charge is 2.23. The van der Waals surface area contributed by atoms with Crippen molar-refractivity contribution in [3.63, 3.8) is 0 Å². The molecule has 5 heteroatoms. The second kappa shape index (κ2) is 8.68. The molecule has 0 bridgehead atoms. The van der Waals surface area contributed by atoms with E-state index >= 15 is 0 Å². The van der Waals surface area contributed by atoms with E-state index in [4.69, 9.17) is 15.5 Å². The van der Waals surface area contributed by atoms with Gasteiger partial charge in [-0.1, -0.05) is 36.8 Å². The molecule has 0 aliphatic carbocycles. The summed E-state index contributed by atoms with van der Waals surface area (Å²) in [6.07, 6.45) is 2.42. The van der Waals surface area contributed by atoms with Crippen LogP contribution in [0.2, 0.25) is 0 Å². The molecule has 1 atom stereocenters. The van der Waals surface area contributed by atoms with Gasteiger partial charge in [-0.25, -0.2) is 0 Å². The fourth-order valence-corrected chi connectivity index (χ4v) is 3.63. The first-order valence-corrected chi connectivity index (χ1v) is 9.56. The van der Waals surface area contributed by atoms with Crippen molar-refractivity contribution in [3.8, 4) is 0 Å². The maximum absolute atomic E-state index is 6.31. The fourth-order valence-electron chi connectivity index (χ4n) is 3.63. The number of piperidine rings is 1. The molecular weight excluding hydrogens is 312 g/mol. The number of aliphatic imine (C=N–C) groups is 1. The van der Waals surface area contributed by atoms with Gasteiger partial charge in [-0.05, 0) is 31.2 Å². The summed E-state index contributed by atoms with van der Waals surface area (Å²) in [5.41, 5.74) is 8.91. The minimum absolute atomic E-state index is 0.270. The van der Waals surface area contributed by atoms with Crippen LogP contribution in [0.5, 0.6) is 0 Å². The molecule has 1 aromatic rings. The number of likely N-dealkylation sites (tertiary alicyclic amines) is 1. The lowest BCUT2D eigenvalue weighted by molar-refractivity contribution is 0.0179. The zero-order valence-corrected chi connectivity index (χ0v) is 15.7. The number of guanidine groups is 1. The van der Waals surface area contributed by atoms with Crippen LogP contribution in [0, 0.1) is 12.8 Å². The van der Waals surface area contributed by atoms with Crippen molar-refractivity contribution < 1.29 is 4.74 Å². The minimum Gasteiger partial charge on any atom is -0.379 e. The summed E-state index contributed by atoms with van der Waals surface area (Å²) < 4.78 is 5.53. The van der Waals surface area contributed by atoms with Crippen molar-refractivity contribution >= 4 is 5.96 Å². The monoisotopic (exact) mass is 344 g/mol. The Kier molecular flexibility index (Phi) is 6.32. The number of morpholine rings is 1. The standard InChI is InChI=1S/C20H32N4O/c1-16-3-5-18(6-4-16)19(23-11-13-25-14-12-23)15-22-20(21)24-9-7-17(2)8-10-24/h3-6,17,19H,7-15H2,1-2H3,(H2,21,22). The minimum atomic E-state index is 0.270. The Hall–Kier alpha value is -1.59. The Morgan fingerprint density at radius 1 is 1.16 bits per heavy atom. The molecule has 2 aliphatic heterocycles. The molecule has 2 fully saturated rings. The van der Waals surface area contributed by atoms with E-state index in [2.05, 4.69) is 47.9 Å². The number of rotatable bonds is 4. The van der Waals surface area contributed by atoms with Crippen molar-refractivity contribution in [3.05, 3.63) is 35.4 Å². The van der Waals surface area contributed by atoms with Crippen molar-refractivity contribution in [2.24, 2.45) is 16.6 Å². The molecule has 25 heavy (non-hydrogen) atoms. The van der Waals surface area contributed by atoms with Crippen molar-refractivity contribution in [1.29, 1.82) is 0 Å². The van der Waals surface area contributed by atoms with Gasteiger partial charge in [0.1, 0.15) is 0 Å². The topological polar surface area (TPSA) is 54.1 Å². The number of benzene rings is 1. The Morgan fingerprint density at radius 3 is 2.44 bits per heavy atom. The molecule has 1 aromatic carbocycles. The number of nitrogens with two attached hydrogens (primary N) is 1. The molecule has 138 valence electrons. The number of aryl methyl sites for hydroxylation is 1. The van der Waals surface area contributed by atoms with Crippen LogP contribution in [-0.2, 0) is 4.74 Å². The van der Waals surface area contributed by atoms with E-state index in [1.807, 2.05) is 0 Å². The van der Waals surface area contributed by atoms with Crippen molar-refractivity contribution in [2.75, 3.05) is 45.9 Å². The van der Waals surface area contributed by atoms with Crippen LogP contribution in [0.1, 0.15) is 36.9 Å². The number of hydrogen-bond donors (Lipinski definition) is 1. The molecule has 2 heterocycles. The van der Waals surface area contributed by atoms with Crippen LogP contribution in [0.25, 0.3) is 0 Å². The normalized spacial score (nSPS) is 22.2. The fraction of sp³-hybridized carbons (Fsp3) is 0.650. The Labute approximate surface area is 151 Å². The molecule has 0 amide bonds. The van der Waals surface area contributed by atoms with E-state index in [1.165, 1.54) is 24.0 Å². The molecule has 0 spiro atoms. The van der Waals surface area contributed by atoms with E-state index in [0.717, 1.165) is 45.3 Å². The van der Waals surface area contributed by atoms with E-state index in [0.29, 0.717) is 12.5 Å². The van der Waals surface area contributed by atoms with Crippen LogP contribution >= 0.6 is 0 Å². The average Bonchev–Trinajstić information content (AvgIpc) is 2.64. The summed E-state index contributed by atoms with van der Waals surface area (Å²) in [5, 5.41) is 0. The van der Waals surface area contributed by atoms with Crippen LogP contribution in [0.3, 0.4) is 0 Å². The van der Waals surface area contributed by atoms with E-state index in [-0.39, 0.29) is 6.04 Å². The van der Waals surface area contributed by atoms with Crippen LogP contribution in [0.15, 0.2) is 29.3 Å². The Bertz CT molecular complexity index is 558. The van der Waals surface area contributed by atoms with Crippen LogP contribution in [0.4, 0.5) is 0 Å². The summed E-state index contributed by atoms with van der Waals surface area (Å²) in [6, 6.07) is 9.09. The molecule has 0 radical (unpaired) electrons. The lowest BCUT2D eigenvalue weighted by Crippen LogP contribution is -2.44. The SMILES string of the molecule is Cc1ccc(C(CN=C(N)N2CCC(C)CC2)N2CCOCC2)cc1.